The zero-order valence-electron chi connectivity index (χ0n) is 9.92. The van der Waals surface area contributed by atoms with Crippen molar-refractivity contribution in [1.82, 2.24) is 10.6 Å². The molecule has 1 aliphatic carbocycles. The lowest BCUT2D eigenvalue weighted by molar-refractivity contribution is 0.0945. The normalized spacial score (nSPS) is 16.6. The molecule has 1 amide bonds. The van der Waals surface area contributed by atoms with Crippen LogP contribution in [0.1, 0.15) is 23.2 Å². The monoisotopic (exact) mass is 252 g/mol. The highest BCUT2D eigenvalue weighted by atomic mass is 35.5. The molecule has 92 valence electrons. The summed E-state index contributed by atoms with van der Waals surface area (Å²) in [6.45, 7) is 1.70. The van der Waals surface area contributed by atoms with Gasteiger partial charge in [-0.25, -0.2) is 0 Å². The number of rotatable bonds is 5. The Labute approximate surface area is 107 Å². The first-order chi connectivity index (χ1) is 8.15. The highest BCUT2D eigenvalue weighted by Gasteiger charge is 2.41. The van der Waals surface area contributed by atoms with Crippen LogP contribution in [-0.4, -0.2) is 26.0 Å². The van der Waals surface area contributed by atoms with Gasteiger partial charge in [-0.3, -0.25) is 4.79 Å². The van der Waals surface area contributed by atoms with E-state index in [0.29, 0.717) is 10.6 Å². The molecule has 0 heterocycles. The van der Waals surface area contributed by atoms with Gasteiger partial charge in [0, 0.05) is 29.1 Å². The third kappa shape index (κ3) is 3.20. The number of nitrogens with one attached hydrogen (secondary N) is 2. The maximum atomic E-state index is 11.9. The van der Waals surface area contributed by atoms with Crippen molar-refractivity contribution in [2.45, 2.75) is 12.8 Å². The molecular weight excluding hydrogens is 236 g/mol. The summed E-state index contributed by atoms with van der Waals surface area (Å²) in [6, 6.07) is 7.02. The van der Waals surface area contributed by atoms with Gasteiger partial charge in [0.15, 0.2) is 0 Å². The van der Waals surface area contributed by atoms with E-state index in [4.69, 9.17) is 11.6 Å². The smallest absolute Gasteiger partial charge is 0.251 e. The van der Waals surface area contributed by atoms with Gasteiger partial charge in [-0.2, -0.15) is 0 Å². The molecule has 1 aromatic carbocycles. The Hall–Kier alpha value is -1.06. The van der Waals surface area contributed by atoms with E-state index in [-0.39, 0.29) is 11.3 Å². The molecule has 0 saturated heterocycles. The van der Waals surface area contributed by atoms with Crippen LogP contribution < -0.4 is 10.6 Å². The molecule has 1 aliphatic rings. The fourth-order valence-corrected chi connectivity index (χ4v) is 2.16. The molecule has 0 radical (unpaired) electrons. The van der Waals surface area contributed by atoms with E-state index in [1.54, 1.807) is 24.3 Å². The average Bonchev–Trinajstić information content (AvgIpc) is 3.07. The van der Waals surface area contributed by atoms with Gasteiger partial charge in [-0.15, -0.1) is 0 Å². The highest BCUT2D eigenvalue weighted by molar-refractivity contribution is 6.30. The van der Waals surface area contributed by atoms with Crippen molar-refractivity contribution < 1.29 is 4.79 Å². The summed E-state index contributed by atoms with van der Waals surface area (Å²) in [5, 5.41) is 6.74. The fraction of sp³-hybridized carbons (Fsp3) is 0.462. The third-order valence-electron chi connectivity index (χ3n) is 3.22. The topological polar surface area (TPSA) is 41.1 Å². The Morgan fingerprint density at radius 3 is 2.76 bits per heavy atom. The Kier molecular flexibility index (Phi) is 3.69. The van der Waals surface area contributed by atoms with E-state index >= 15 is 0 Å². The zero-order chi connectivity index (χ0) is 12.3. The fourth-order valence-electron chi connectivity index (χ4n) is 1.97. The summed E-state index contributed by atoms with van der Waals surface area (Å²) >= 11 is 5.85. The lowest BCUT2D eigenvalue weighted by Crippen LogP contribution is -2.34. The summed E-state index contributed by atoms with van der Waals surface area (Å²) in [7, 11) is 1.94. The van der Waals surface area contributed by atoms with Crippen molar-refractivity contribution in [3.8, 4) is 0 Å². The van der Waals surface area contributed by atoms with Crippen molar-refractivity contribution in [3.05, 3.63) is 34.9 Å². The van der Waals surface area contributed by atoms with Crippen LogP contribution in [0.4, 0.5) is 0 Å². The van der Waals surface area contributed by atoms with Crippen LogP contribution in [0.5, 0.6) is 0 Å². The van der Waals surface area contributed by atoms with Crippen LogP contribution in [0.3, 0.4) is 0 Å². The number of carbonyl (C=O) groups is 1. The predicted octanol–water partition coefficient (Wildman–Crippen LogP) is 2.07. The molecular formula is C13H17ClN2O. The van der Waals surface area contributed by atoms with Gasteiger partial charge in [0.2, 0.25) is 0 Å². The lowest BCUT2D eigenvalue weighted by Gasteiger charge is -2.15. The van der Waals surface area contributed by atoms with Crippen molar-refractivity contribution >= 4 is 17.5 Å². The van der Waals surface area contributed by atoms with Crippen molar-refractivity contribution in [2.75, 3.05) is 20.1 Å². The van der Waals surface area contributed by atoms with Crippen LogP contribution in [0.25, 0.3) is 0 Å². The Morgan fingerprint density at radius 2 is 2.18 bits per heavy atom. The molecule has 0 aliphatic heterocycles. The standard InChI is InChI=1S/C13H17ClN2O/c1-15-8-13(5-6-13)9-16-12(17)10-3-2-4-11(14)7-10/h2-4,7,15H,5-6,8-9H2,1H3,(H,16,17). The van der Waals surface area contributed by atoms with E-state index in [9.17, 15) is 4.79 Å². The Bertz CT molecular complexity index is 416. The summed E-state index contributed by atoms with van der Waals surface area (Å²) in [5.41, 5.74) is 0.904. The van der Waals surface area contributed by atoms with Gasteiger partial charge in [-0.05, 0) is 38.1 Å². The summed E-state index contributed by atoms with van der Waals surface area (Å²) in [5.74, 6) is -0.0464. The lowest BCUT2D eigenvalue weighted by atomic mass is 10.1. The Morgan fingerprint density at radius 1 is 1.41 bits per heavy atom. The number of benzene rings is 1. The van der Waals surface area contributed by atoms with Crippen molar-refractivity contribution in [2.24, 2.45) is 5.41 Å². The maximum Gasteiger partial charge on any atom is 0.251 e. The molecule has 3 nitrogen and oxygen atoms in total. The molecule has 0 unspecified atom stereocenters. The number of carbonyl (C=O) groups excluding carboxylic acids is 1. The largest absolute Gasteiger partial charge is 0.351 e. The van der Waals surface area contributed by atoms with Crippen LogP contribution in [0, 0.1) is 5.41 Å². The quantitative estimate of drug-likeness (QED) is 0.842. The van der Waals surface area contributed by atoms with E-state index in [0.717, 1.165) is 13.1 Å². The van der Waals surface area contributed by atoms with Gasteiger partial charge in [0.25, 0.3) is 5.91 Å². The van der Waals surface area contributed by atoms with E-state index in [1.165, 1.54) is 12.8 Å². The van der Waals surface area contributed by atoms with Gasteiger partial charge in [-0.1, -0.05) is 17.7 Å². The SMILES string of the molecule is CNCC1(CNC(=O)c2cccc(Cl)c2)CC1. The van der Waals surface area contributed by atoms with Gasteiger partial charge >= 0.3 is 0 Å². The van der Waals surface area contributed by atoms with Crippen LogP contribution >= 0.6 is 11.6 Å². The van der Waals surface area contributed by atoms with Crippen LogP contribution in [-0.2, 0) is 0 Å². The zero-order valence-corrected chi connectivity index (χ0v) is 10.7. The van der Waals surface area contributed by atoms with Gasteiger partial charge in [0.1, 0.15) is 0 Å². The second-order valence-electron chi connectivity index (χ2n) is 4.72. The van der Waals surface area contributed by atoms with E-state index in [1.807, 2.05) is 7.05 Å². The van der Waals surface area contributed by atoms with E-state index < -0.39 is 0 Å². The Balaban J connectivity index is 1.90. The van der Waals surface area contributed by atoms with Crippen LogP contribution in [0.15, 0.2) is 24.3 Å². The highest BCUT2D eigenvalue weighted by Crippen LogP contribution is 2.44. The molecule has 1 aromatic rings. The second kappa shape index (κ2) is 5.07. The first-order valence-corrected chi connectivity index (χ1v) is 6.21. The third-order valence-corrected chi connectivity index (χ3v) is 3.45. The molecule has 1 fully saturated rings. The molecule has 0 bridgehead atoms. The number of amides is 1. The minimum atomic E-state index is -0.0464. The maximum absolute atomic E-state index is 11.9. The average molecular weight is 253 g/mol. The van der Waals surface area contributed by atoms with Crippen molar-refractivity contribution in [3.63, 3.8) is 0 Å². The molecule has 0 spiro atoms. The molecule has 4 heteroatoms. The summed E-state index contributed by atoms with van der Waals surface area (Å²) < 4.78 is 0. The molecule has 2 rings (SSSR count). The summed E-state index contributed by atoms with van der Waals surface area (Å²) in [4.78, 5) is 11.9. The second-order valence-corrected chi connectivity index (χ2v) is 5.16. The molecule has 1 saturated carbocycles. The van der Waals surface area contributed by atoms with Crippen molar-refractivity contribution in [1.29, 1.82) is 0 Å². The predicted molar refractivity (Wildman–Crippen MR) is 69.4 cm³/mol. The molecule has 0 aromatic heterocycles. The van der Waals surface area contributed by atoms with E-state index in [2.05, 4.69) is 10.6 Å². The minimum absolute atomic E-state index is 0.0464. The first-order valence-electron chi connectivity index (χ1n) is 5.84. The molecule has 17 heavy (non-hydrogen) atoms. The number of hydrogen-bond acceptors (Lipinski definition) is 2. The molecule has 2 N–H and O–H groups in total. The number of hydrogen-bond donors (Lipinski definition) is 2. The van der Waals surface area contributed by atoms with Gasteiger partial charge < -0.3 is 10.6 Å². The first kappa shape index (κ1) is 12.4. The van der Waals surface area contributed by atoms with Crippen LogP contribution in [0.2, 0.25) is 5.02 Å². The summed E-state index contributed by atoms with van der Waals surface area (Å²) in [6.07, 6.45) is 2.37. The number of halogens is 1. The molecule has 0 atom stereocenters. The van der Waals surface area contributed by atoms with Gasteiger partial charge in [0.05, 0.1) is 0 Å². The minimum Gasteiger partial charge on any atom is -0.351 e.